The molecule has 0 fully saturated rings. The van der Waals surface area contributed by atoms with E-state index in [9.17, 15) is 9.46 Å². The number of rotatable bonds is 2. The van der Waals surface area contributed by atoms with E-state index in [-0.39, 0.29) is 0 Å². The Kier molecular flexibility index (Phi) is 2.67. The predicted octanol–water partition coefficient (Wildman–Crippen LogP) is 0.595. The summed E-state index contributed by atoms with van der Waals surface area (Å²) in [6, 6.07) is 0. The van der Waals surface area contributed by atoms with E-state index in [2.05, 4.69) is 4.52 Å². The van der Waals surface area contributed by atoms with Gasteiger partial charge in [-0.25, -0.2) is 0 Å². The molecule has 0 spiro atoms. The summed E-state index contributed by atoms with van der Waals surface area (Å²) in [4.78, 5) is 10.5. The minimum Gasteiger partial charge on any atom is -0.778 e. The van der Waals surface area contributed by atoms with Crippen molar-refractivity contribution >= 4 is 7.60 Å². The van der Waals surface area contributed by atoms with E-state index >= 15 is 0 Å². The van der Waals surface area contributed by atoms with Gasteiger partial charge in [0.2, 0.25) is 0 Å². The number of hydrogen-bond donors (Lipinski definition) is 0. The molecule has 0 saturated carbocycles. The third kappa shape index (κ3) is 1.95. The Balaban J connectivity index is 3.93. The summed E-state index contributed by atoms with van der Waals surface area (Å²) in [5.74, 6) is 0. The summed E-state index contributed by atoms with van der Waals surface area (Å²) in [7, 11) is -2.32. The SMILES string of the molecule is COP(=O)([O-])C(C)C. The topological polar surface area (TPSA) is 49.4 Å². The molecule has 0 heterocycles. The van der Waals surface area contributed by atoms with Gasteiger partial charge in [0.1, 0.15) is 7.60 Å². The zero-order valence-electron chi connectivity index (χ0n) is 5.25. The summed E-state index contributed by atoms with van der Waals surface area (Å²) in [5, 5.41) is 0. The molecule has 0 aliphatic heterocycles. The first-order chi connectivity index (χ1) is 3.50. The molecule has 1 unspecified atom stereocenters. The highest BCUT2D eigenvalue weighted by atomic mass is 31.2. The van der Waals surface area contributed by atoms with Crippen LogP contribution in [0.3, 0.4) is 0 Å². The second kappa shape index (κ2) is 2.62. The molecule has 50 valence electrons. The lowest BCUT2D eigenvalue weighted by atomic mass is 10.6. The molecular formula is C4H10O3P-. The molecule has 8 heavy (non-hydrogen) atoms. The minimum absolute atomic E-state index is 0.410. The van der Waals surface area contributed by atoms with Crippen LogP contribution in [0.2, 0.25) is 0 Å². The van der Waals surface area contributed by atoms with Crippen molar-refractivity contribution in [3.05, 3.63) is 0 Å². The third-order valence-corrected chi connectivity index (χ3v) is 2.66. The van der Waals surface area contributed by atoms with Gasteiger partial charge in [-0.05, 0) is 0 Å². The molecule has 0 N–H and O–H groups in total. The lowest BCUT2D eigenvalue weighted by Gasteiger charge is -2.24. The van der Waals surface area contributed by atoms with Crippen LogP contribution >= 0.6 is 7.60 Å². The van der Waals surface area contributed by atoms with Crippen LogP contribution in [-0.4, -0.2) is 12.8 Å². The lowest BCUT2D eigenvalue weighted by Crippen LogP contribution is -2.11. The molecule has 3 nitrogen and oxygen atoms in total. The highest BCUT2D eigenvalue weighted by Crippen LogP contribution is 2.40. The van der Waals surface area contributed by atoms with Gasteiger partial charge in [0.25, 0.3) is 0 Å². The molecule has 0 aromatic rings. The summed E-state index contributed by atoms with van der Waals surface area (Å²) in [6.45, 7) is 3.16. The maximum atomic E-state index is 10.5. The van der Waals surface area contributed by atoms with Crippen LogP contribution in [0, 0.1) is 0 Å². The van der Waals surface area contributed by atoms with Gasteiger partial charge >= 0.3 is 0 Å². The number of hydrogen-bond acceptors (Lipinski definition) is 3. The fourth-order valence-electron chi connectivity index (χ4n) is 0.211. The summed E-state index contributed by atoms with van der Waals surface area (Å²) >= 11 is 0. The van der Waals surface area contributed by atoms with Crippen LogP contribution < -0.4 is 4.89 Å². The van der Waals surface area contributed by atoms with E-state index in [1.807, 2.05) is 0 Å². The molecular weight excluding hydrogens is 127 g/mol. The van der Waals surface area contributed by atoms with Crippen molar-refractivity contribution in [3.63, 3.8) is 0 Å². The quantitative estimate of drug-likeness (QED) is 0.523. The lowest BCUT2D eigenvalue weighted by molar-refractivity contribution is -0.198. The minimum atomic E-state index is -3.50. The maximum absolute atomic E-state index is 10.5. The van der Waals surface area contributed by atoms with Crippen LogP contribution in [0.4, 0.5) is 0 Å². The molecule has 0 bridgehead atoms. The summed E-state index contributed by atoms with van der Waals surface area (Å²) in [6.07, 6.45) is 0. The van der Waals surface area contributed by atoms with Crippen LogP contribution in [0.15, 0.2) is 0 Å². The fourth-order valence-corrected chi connectivity index (χ4v) is 0.632. The Labute approximate surface area is 49.2 Å². The Hall–Kier alpha value is 0.150. The average Bonchev–Trinajstić information content (AvgIpc) is 1.67. The van der Waals surface area contributed by atoms with E-state index in [0.29, 0.717) is 0 Å². The van der Waals surface area contributed by atoms with E-state index in [4.69, 9.17) is 0 Å². The van der Waals surface area contributed by atoms with Gasteiger partial charge in [0.05, 0.1) is 0 Å². The smallest absolute Gasteiger partial charge is 0.137 e. The van der Waals surface area contributed by atoms with Crippen molar-refractivity contribution in [2.24, 2.45) is 0 Å². The van der Waals surface area contributed by atoms with E-state index in [1.165, 1.54) is 7.11 Å². The molecule has 0 aliphatic carbocycles. The van der Waals surface area contributed by atoms with E-state index < -0.39 is 13.3 Å². The molecule has 4 heteroatoms. The van der Waals surface area contributed by atoms with Crippen molar-refractivity contribution < 1.29 is 14.0 Å². The van der Waals surface area contributed by atoms with Crippen molar-refractivity contribution in [1.29, 1.82) is 0 Å². The zero-order valence-corrected chi connectivity index (χ0v) is 6.14. The highest BCUT2D eigenvalue weighted by molar-refractivity contribution is 7.52. The monoisotopic (exact) mass is 137 g/mol. The van der Waals surface area contributed by atoms with E-state index in [1.54, 1.807) is 13.8 Å². The zero-order chi connectivity index (χ0) is 6.78. The van der Waals surface area contributed by atoms with Crippen LogP contribution in [0.25, 0.3) is 0 Å². The summed E-state index contributed by atoms with van der Waals surface area (Å²) < 4.78 is 14.7. The van der Waals surface area contributed by atoms with Gasteiger partial charge in [-0.1, -0.05) is 13.8 Å². The van der Waals surface area contributed by atoms with Crippen LogP contribution in [0.5, 0.6) is 0 Å². The van der Waals surface area contributed by atoms with Gasteiger partial charge in [0, 0.05) is 12.8 Å². The Morgan fingerprint density at radius 3 is 2.00 bits per heavy atom. The van der Waals surface area contributed by atoms with Crippen molar-refractivity contribution in [2.75, 3.05) is 7.11 Å². The van der Waals surface area contributed by atoms with Gasteiger partial charge in [-0.2, -0.15) is 0 Å². The Bertz CT molecular complexity index is 110. The van der Waals surface area contributed by atoms with Crippen LogP contribution in [-0.2, 0) is 9.09 Å². The second-order valence-corrected chi connectivity index (χ2v) is 4.29. The predicted molar refractivity (Wildman–Crippen MR) is 29.8 cm³/mol. The Morgan fingerprint density at radius 1 is 1.62 bits per heavy atom. The second-order valence-electron chi connectivity index (χ2n) is 1.82. The van der Waals surface area contributed by atoms with Gasteiger partial charge < -0.3 is 14.0 Å². The normalized spacial score (nSPS) is 18.6. The summed E-state index contributed by atoms with van der Waals surface area (Å²) in [5.41, 5.74) is -0.410. The first-order valence-electron chi connectivity index (χ1n) is 2.37. The molecule has 0 amide bonds. The van der Waals surface area contributed by atoms with Gasteiger partial charge in [-0.15, -0.1) is 0 Å². The third-order valence-electron chi connectivity index (χ3n) is 0.887. The first-order valence-corrected chi connectivity index (χ1v) is 3.98. The average molecular weight is 137 g/mol. The van der Waals surface area contributed by atoms with Gasteiger partial charge in [0.15, 0.2) is 0 Å². The molecule has 0 saturated heterocycles. The molecule has 0 radical (unpaired) electrons. The molecule has 0 aliphatic rings. The molecule has 0 aromatic carbocycles. The Morgan fingerprint density at radius 2 is 2.00 bits per heavy atom. The van der Waals surface area contributed by atoms with Crippen molar-refractivity contribution in [2.45, 2.75) is 19.5 Å². The first kappa shape index (κ1) is 8.15. The maximum Gasteiger partial charge on any atom is 0.137 e. The molecule has 0 rings (SSSR count). The van der Waals surface area contributed by atoms with Crippen LogP contribution in [0.1, 0.15) is 13.8 Å². The fraction of sp³-hybridized carbons (Fsp3) is 1.00. The van der Waals surface area contributed by atoms with Crippen molar-refractivity contribution in [3.8, 4) is 0 Å². The highest BCUT2D eigenvalue weighted by Gasteiger charge is 2.09. The standard InChI is InChI=1S/C4H11O3P/c1-4(2)8(5,6)7-3/h4H,1-3H3,(H,5,6)/p-1. The van der Waals surface area contributed by atoms with Crippen molar-refractivity contribution in [1.82, 2.24) is 0 Å². The van der Waals surface area contributed by atoms with Gasteiger partial charge in [-0.3, -0.25) is 0 Å². The largest absolute Gasteiger partial charge is 0.778 e. The molecule has 1 atom stereocenters. The molecule has 0 aromatic heterocycles. The van der Waals surface area contributed by atoms with E-state index in [0.717, 1.165) is 0 Å².